The number of piperidine rings is 2. The number of rotatable bonds is 7. The molecule has 3 N–H and O–H groups in total. The van der Waals surface area contributed by atoms with Crippen LogP contribution < -0.4 is 11.1 Å². The lowest BCUT2D eigenvalue weighted by atomic mass is 10.00. The first-order valence-corrected chi connectivity index (χ1v) is 14.3. The van der Waals surface area contributed by atoms with Crippen LogP contribution in [0.4, 0.5) is 17.6 Å². The summed E-state index contributed by atoms with van der Waals surface area (Å²) in [4.78, 5) is 23.0. The van der Waals surface area contributed by atoms with Gasteiger partial charge in [-0.1, -0.05) is 12.5 Å². The van der Waals surface area contributed by atoms with E-state index in [0.717, 1.165) is 39.7 Å². The van der Waals surface area contributed by atoms with Crippen LogP contribution in [0.15, 0.2) is 36.1 Å². The van der Waals surface area contributed by atoms with Crippen molar-refractivity contribution in [2.45, 2.75) is 45.1 Å². The average Bonchev–Trinajstić information content (AvgIpc) is 3.52. The van der Waals surface area contributed by atoms with E-state index >= 15 is 0 Å². The Morgan fingerprint density at radius 2 is 1.92 bits per heavy atom. The van der Waals surface area contributed by atoms with Gasteiger partial charge in [-0.3, -0.25) is 9.88 Å². The number of fused-ring (bicyclic) bond motifs is 1. The third kappa shape index (κ3) is 5.40. The first-order valence-electron chi connectivity index (χ1n) is 13.4. The number of nitrogen functional groups attached to an aromatic ring is 1. The summed E-state index contributed by atoms with van der Waals surface area (Å²) in [5.74, 6) is 1.27. The number of likely N-dealkylation sites (tertiary alicyclic amines) is 2. The highest BCUT2D eigenvalue weighted by Crippen LogP contribution is 2.29. The number of hydrogen-bond donors (Lipinski definition) is 2. The van der Waals surface area contributed by atoms with Crippen molar-refractivity contribution in [1.29, 1.82) is 0 Å². The van der Waals surface area contributed by atoms with Gasteiger partial charge in [-0.2, -0.15) is 9.67 Å². The molecule has 2 aliphatic rings. The highest BCUT2D eigenvalue weighted by molar-refractivity contribution is 7.17. The molecule has 0 bridgehead atoms. The third-order valence-corrected chi connectivity index (χ3v) is 8.59. The molecule has 0 radical (unpaired) electrons. The van der Waals surface area contributed by atoms with Gasteiger partial charge in [0.05, 0.1) is 27.8 Å². The second kappa shape index (κ2) is 11.1. The molecule has 2 saturated heterocycles. The van der Waals surface area contributed by atoms with Crippen LogP contribution in [-0.2, 0) is 0 Å². The Labute approximate surface area is 226 Å². The largest absolute Gasteiger partial charge is 0.368 e. The second-order valence-electron chi connectivity index (χ2n) is 10.1. The molecule has 0 saturated carbocycles. The molecule has 4 aromatic heterocycles. The molecule has 2 fully saturated rings. The fraction of sp³-hybridized carbons (Fsp3) is 0.444. The van der Waals surface area contributed by atoms with Gasteiger partial charge >= 0.3 is 0 Å². The lowest BCUT2D eigenvalue weighted by Crippen LogP contribution is -2.46. The van der Waals surface area contributed by atoms with E-state index in [0.29, 0.717) is 11.8 Å². The van der Waals surface area contributed by atoms with Crippen LogP contribution in [-0.4, -0.2) is 78.3 Å². The van der Waals surface area contributed by atoms with E-state index in [4.69, 9.17) is 5.73 Å². The monoisotopic (exact) mass is 530 g/mol. The molecule has 0 unspecified atom stereocenters. The molecule has 2 aliphatic heterocycles. The zero-order chi connectivity index (χ0) is 25.9. The molecule has 6 rings (SSSR count). The first-order chi connectivity index (χ1) is 18.6. The van der Waals surface area contributed by atoms with Crippen LogP contribution in [0.3, 0.4) is 0 Å². The van der Waals surface area contributed by atoms with Gasteiger partial charge in [0.1, 0.15) is 6.33 Å². The Morgan fingerprint density at radius 3 is 2.71 bits per heavy atom. The van der Waals surface area contributed by atoms with Gasteiger partial charge in [-0.25, -0.2) is 9.97 Å². The van der Waals surface area contributed by atoms with E-state index < -0.39 is 0 Å². The lowest BCUT2D eigenvalue weighted by molar-refractivity contribution is 0.0975. The van der Waals surface area contributed by atoms with Crippen LogP contribution in [0.2, 0.25) is 0 Å². The predicted molar refractivity (Wildman–Crippen MR) is 153 cm³/mol. The Hall–Kier alpha value is -3.41. The minimum atomic E-state index is 0.256. The van der Waals surface area contributed by atoms with Crippen molar-refractivity contribution in [2.75, 3.05) is 43.8 Å². The maximum atomic E-state index is 6.17. The van der Waals surface area contributed by atoms with Crippen molar-refractivity contribution in [3.8, 4) is 5.82 Å². The smallest absolute Gasteiger partial charge is 0.248 e. The van der Waals surface area contributed by atoms with Crippen LogP contribution in [0, 0.1) is 6.92 Å². The normalized spacial score (nSPS) is 18.0. The molecule has 10 nitrogen and oxygen atoms in total. The minimum absolute atomic E-state index is 0.256. The molecular weight excluding hydrogens is 496 g/mol. The molecule has 0 amide bonds. The summed E-state index contributed by atoms with van der Waals surface area (Å²) in [7, 11) is 0. The summed E-state index contributed by atoms with van der Waals surface area (Å²) in [5.41, 5.74) is 9.89. The van der Waals surface area contributed by atoms with E-state index in [-0.39, 0.29) is 5.95 Å². The standard InChI is InChI=1S/C27H34N10S/c1-19-17-38-24-23(19)30-18-31-25(24)37-26(28)33-27(34-37)32-21-8-7-20(29-16-21)6-5-11-35-14-9-22(10-15-35)36-12-3-2-4-13-36/h5-8,16-18,22H,2-4,9-15H2,1H3,(H3,28,32,33,34). The van der Waals surface area contributed by atoms with Crippen molar-refractivity contribution in [1.82, 2.24) is 39.5 Å². The van der Waals surface area contributed by atoms with Crippen LogP contribution in [0.5, 0.6) is 0 Å². The number of anilines is 3. The Bertz CT molecular complexity index is 1400. The Morgan fingerprint density at radius 1 is 1.08 bits per heavy atom. The van der Waals surface area contributed by atoms with E-state index in [9.17, 15) is 0 Å². The number of pyridine rings is 1. The van der Waals surface area contributed by atoms with Crippen molar-refractivity contribution in [3.05, 3.63) is 47.4 Å². The highest BCUT2D eigenvalue weighted by atomic mass is 32.1. The van der Waals surface area contributed by atoms with Crippen LogP contribution in [0.25, 0.3) is 22.1 Å². The molecule has 0 aliphatic carbocycles. The van der Waals surface area contributed by atoms with E-state index in [1.165, 1.54) is 64.6 Å². The molecular formula is C27H34N10S. The molecule has 11 heteroatoms. The zero-order valence-electron chi connectivity index (χ0n) is 21.8. The fourth-order valence-electron chi connectivity index (χ4n) is 5.42. The summed E-state index contributed by atoms with van der Waals surface area (Å²) in [6.45, 7) is 7.95. The van der Waals surface area contributed by atoms with Gasteiger partial charge in [0, 0.05) is 12.6 Å². The number of thiophene rings is 1. The highest BCUT2D eigenvalue weighted by Gasteiger charge is 2.25. The van der Waals surface area contributed by atoms with E-state index in [1.54, 1.807) is 22.2 Å². The topological polar surface area (TPSA) is 114 Å². The number of aryl methyl sites for hydroxylation is 1. The van der Waals surface area contributed by atoms with Crippen LogP contribution in [0.1, 0.15) is 43.4 Å². The third-order valence-electron chi connectivity index (χ3n) is 7.50. The van der Waals surface area contributed by atoms with Crippen molar-refractivity contribution in [2.24, 2.45) is 0 Å². The summed E-state index contributed by atoms with van der Waals surface area (Å²) >= 11 is 1.57. The van der Waals surface area contributed by atoms with Gasteiger partial charge in [0.15, 0.2) is 5.82 Å². The second-order valence-corrected chi connectivity index (χ2v) is 11.0. The molecule has 0 spiro atoms. The molecule has 38 heavy (non-hydrogen) atoms. The minimum Gasteiger partial charge on any atom is -0.368 e. The maximum absolute atomic E-state index is 6.17. The summed E-state index contributed by atoms with van der Waals surface area (Å²) in [6.07, 6.45) is 14.4. The van der Waals surface area contributed by atoms with Gasteiger partial charge in [-0.05, 0) is 87.9 Å². The van der Waals surface area contributed by atoms with Crippen molar-refractivity contribution in [3.63, 3.8) is 0 Å². The van der Waals surface area contributed by atoms with Gasteiger partial charge in [-0.15, -0.1) is 16.4 Å². The maximum Gasteiger partial charge on any atom is 0.248 e. The quantitative estimate of drug-likeness (QED) is 0.362. The first kappa shape index (κ1) is 24.9. The predicted octanol–water partition coefficient (Wildman–Crippen LogP) is 4.26. The van der Waals surface area contributed by atoms with E-state index in [1.807, 2.05) is 19.1 Å². The average molecular weight is 531 g/mol. The number of nitrogens with one attached hydrogen (secondary N) is 1. The molecule has 198 valence electrons. The Balaban J connectivity index is 1.03. The molecule has 0 aromatic carbocycles. The van der Waals surface area contributed by atoms with Crippen LogP contribution >= 0.6 is 11.3 Å². The van der Waals surface area contributed by atoms with Gasteiger partial charge < -0.3 is 16.0 Å². The summed E-state index contributed by atoms with van der Waals surface area (Å²) < 4.78 is 2.47. The zero-order valence-corrected chi connectivity index (χ0v) is 22.6. The van der Waals surface area contributed by atoms with Crippen molar-refractivity contribution >= 4 is 45.2 Å². The summed E-state index contributed by atoms with van der Waals surface area (Å²) in [5, 5.41) is 9.77. The SMILES string of the molecule is Cc1csc2c(-n3nc(Nc4ccc(C=CCN5CCC(N6CCCCC6)CC5)nc4)nc3N)ncnc12. The molecule has 0 atom stereocenters. The molecule has 6 heterocycles. The van der Waals surface area contributed by atoms with E-state index in [2.05, 4.69) is 57.7 Å². The van der Waals surface area contributed by atoms with Gasteiger partial charge in [0.25, 0.3) is 0 Å². The Kier molecular flexibility index (Phi) is 7.30. The van der Waals surface area contributed by atoms with Crippen molar-refractivity contribution < 1.29 is 0 Å². The molecule has 4 aromatic rings. The summed E-state index contributed by atoms with van der Waals surface area (Å²) in [6, 6.07) is 4.75. The van der Waals surface area contributed by atoms with Gasteiger partial charge in [0.2, 0.25) is 11.9 Å². The number of nitrogens with two attached hydrogens (primary N) is 1. The number of hydrogen-bond acceptors (Lipinski definition) is 10. The lowest BCUT2D eigenvalue weighted by Gasteiger charge is -2.40. The fourth-order valence-corrected chi connectivity index (χ4v) is 6.40. The number of aromatic nitrogens is 6. The number of nitrogens with zero attached hydrogens (tertiary/aromatic N) is 8.